The fourth-order valence-electron chi connectivity index (χ4n) is 3.28. The van der Waals surface area contributed by atoms with Crippen LogP contribution in [0.1, 0.15) is 17.5 Å². The second-order valence-electron chi connectivity index (χ2n) is 6.55. The van der Waals surface area contributed by atoms with Crippen LogP contribution in [0.5, 0.6) is 0 Å². The van der Waals surface area contributed by atoms with E-state index < -0.39 is 23.8 Å². The molecule has 0 saturated carbocycles. The van der Waals surface area contributed by atoms with Gasteiger partial charge in [-0.2, -0.15) is 0 Å². The van der Waals surface area contributed by atoms with Gasteiger partial charge >= 0.3 is 5.97 Å². The van der Waals surface area contributed by atoms with E-state index in [0.29, 0.717) is 6.61 Å². The summed E-state index contributed by atoms with van der Waals surface area (Å²) in [4.78, 5) is 12.0. The summed E-state index contributed by atoms with van der Waals surface area (Å²) in [6, 6.07) is 19.4. The first-order chi connectivity index (χ1) is 13.2. The molecule has 0 spiro atoms. The Kier molecular flexibility index (Phi) is 6.40. The lowest BCUT2D eigenvalue weighted by molar-refractivity contribution is -0.175. The molecule has 0 bridgehead atoms. The van der Waals surface area contributed by atoms with Crippen molar-refractivity contribution < 1.29 is 24.1 Å². The Bertz CT molecular complexity index is 746. The number of carboxylic acids is 1. The normalized spacial score (nSPS) is 24.6. The number of carbonyl (C=O) groups is 1. The van der Waals surface area contributed by atoms with E-state index in [9.17, 15) is 9.90 Å². The highest BCUT2D eigenvalue weighted by atomic mass is 16.6. The summed E-state index contributed by atoms with van der Waals surface area (Å²) in [5.41, 5.74) is 0.484. The second-order valence-corrected chi connectivity index (χ2v) is 6.55. The van der Waals surface area contributed by atoms with Crippen LogP contribution in [0.4, 0.5) is 0 Å². The van der Waals surface area contributed by atoms with Crippen LogP contribution in [0.15, 0.2) is 73.3 Å². The van der Waals surface area contributed by atoms with E-state index in [1.165, 1.54) is 0 Å². The Labute approximate surface area is 159 Å². The molecular weight excluding hydrogens is 344 g/mol. The van der Waals surface area contributed by atoms with Crippen molar-refractivity contribution in [2.75, 3.05) is 6.61 Å². The molecule has 0 unspecified atom stereocenters. The third-order valence-electron chi connectivity index (χ3n) is 4.69. The van der Waals surface area contributed by atoms with Crippen LogP contribution in [0.25, 0.3) is 0 Å². The van der Waals surface area contributed by atoms with Gasteiger partial charge in [0, 0.05) is 6.42 Å². The van der Waals surface area contributed by atoms with Gasteiger partial charge in [-0.25, -0.2) is 4.79 Å². The Morgan fingerprint density at radius 1 is 1.07 bits per heavy atom. The zero-order valence-electron chi connectivity index (χ0n) is 15.1. The van der Waals surface area contributed by atoms with Crippen molar-refractivity contribution in [1.82, 2.24) is 0 Å². The molecule has 1 heterocycles. The van der Waals surface area contributed by atoms with Crippen molar-refractivity contribution in [3.8, 4) is 0 Å². The summed E-state index contributed by atoms with van der Waals surface area (Å²) in [6.07, 6.45) is 0.474. The maximum Gasteiger partial charge on any atom is 0.339 e. The van der Waals surface area contributed by atoms with Gasteiger partial charge in [-0.1, -0.05) is 66.7 Å². The van der Waals surface area contributed by atoms with Crippen LogP contribution in [0.2, 0.25) is 0 Å². The van der Waals surface area contributed by atoms with Crippen LogP contribution in [0.3, 0.4) is 0 Å². The van der Waals surface area contributed by atoms with Crippen molar-refractivity contribution in [3.63, 3.8) is 0 Å². The Morgan fingerprint density at radius 3 is 2.15 bits per heavy atom. The highest BCUT2D eigenvalue weighted by Gasteiger charge is 2.56. The van der Waals surface area contributed by atoms with Crippen LogP contribution in [0, 0.1) is 0 Å². The van der Waals surface area contributed by atoms with Crippen LogP contribution in [-0.4, -0.2) is 35.5 Å². The molecule has 2 aromatic rings. The van der Waals surface area contributed by atoms with Crippen molar-refractivity contribution in [3.05, 3.63) is 84.4 Å². The number of carboxylic acid groups (broad SMARTS) is 1. The lowest BCUT2D eigenvalue weighted by Gasteiger charge is -2.31. The standard InChI is InChI=1S/C22H24O5/c1-2-13-22(21(23)24)20(26-15-18-11-7-4-8-12-18)19(16-27-22)25-14-17-9-5-3-6-10-17/h2-12,19-20H,1,13-16H2,(H,23,24)/t19-,20+,22-/m1/s1. The molecular formula is C22H24O5. The Morgan fingerprint density at radius 2 is 1.63 bits per heavy atom. The molecule has 0 amide bonds. The van der Waals surface area contributed by atoms with E-state index in [1.54, 1.807) is 6.08 Å². The van der Waals surface area contributed by atoms with E-state index in [1.807, 2.05) is 60.7 Å². The summed E-state index contributed by atoms with van der Waals surface area (Å²) in [5.74, 6) is -1.06. The van der Waals surface area contributed by atoms with Gasteiger partial charge in [-0.15, -0.1) is 6.58 Å². The van der Waals surface area contributed by atoms with E-state index in [2.05, 4.69) is 6.58 Å². The molecule has 0 radical (unpaired) electrons. The van der Waals surface area contributed by atoms with E-state index >= 15 is 0 Å². The Balaban J connectivity index is 1.76. The molecule has 1 saturated heterocycles. The predicted molar refractivity (Wildman–Crippen MR) is 101 cm³/mol. The number of hydrogen-bond donors (Lipinski definition) is 1. The topological polar surface area (TPSA) is 65.0 Å². The summed E-state index contributed by atoms with van der Waals surface area (Å²) < 4.78 is 17.8. The largest absolute Gasteiger partial charge is 0.479 e. The van der Waals surface area contributed by atoms with E-state index in [0.717, 1.165) is 11.1 Å². The van der Waals surface area contributed by atoms with Gasteiger partial charge in [0.15, 0.2) is 5.60 Å². The summed E-state index contributed by atoms with van der Waals surface area (Å²) in [6.45, 7) is 4.49. The minimum Gasteiger partial charge on any atom is -0.479 e. The predicted octanol–water partition coefficient (Wildman–Crippen LogP) is 3.59. The molecule has 2 aromatic carbocycles. The highest BCUT2D eigenvalue weighted by molar-refractivity contribution is 5.79. The van der Waals surface area contributed by atoms with Gasteiger partial charge in [0.05, 0.1) is 19.8 Å². The quantitative estimate of drug-likeness (QED) is 0.685. The number of benzene rings is 2. The molecule has 0 aromatic heterocycles. The maximum absolute atomic E-state index is 12.0. The highest BCUT2D eigenvalue weighted by Crippen LogP contribution is 2.35. The molecule has 142 valence electrons. The zero-order valence-corrected chi connectivity index (χ0v) is 15.1. The molecule has 5 nitrogen and oxygen atoms in total. The van der Waals surface area contributed by atoms with Gasteiger partial charge in [0.1, 0.15) is 12.2 Å². The van der Waals surface area contributed by atoms with Crippen molar-refractivity contribution in [2.24, 2.45) is 0 Å². The van der Waals surface area contributed by atoms with Gasteiger partial charge in [-0.3, -0.25) is 0 Å². The van der Waals surface area contributed by atoms with Crippen LogP contribution < -0.4 is 0 Å². The average molecular weight is 368 g/mol. The third-order valence-corrected chi connectivity index (χ3v) is 4.69. The van der Waals surface area contributed by atoms with Crippen LogP contribution >= 0.6 is 0 Å². The molecule has 3 rings (SSSR count). The lowest BCUT2D eigenvalue weighted by Crippen LogP contribution is -2.51. The summed E-state index contributed by atoms with van der Waals surface area (Å²) in [7, 11) is 0. The molecule has 1 N–H and O–H groups in total. The smallest absolute Gasteiger partial charge is 0.339 e. The molecule has 0 aliphatic carbocycles. The molecule has 1 aliphatic rings. The first-order valence-electron chi connectivity index (χ1n) is 8.95. The van der Waals surface area contributed by atoms with Gasteiger partial charge in [-0.05, 0) is 11.1 Å². The Hall–Kier alpha value is -2.47. The van der Waals surface area contributed by atoms with Crippen molar-refractivity contribution in [2.45, 2.75) is 37.4 Å². The molecule has 27 heavy (non-hydrogen) atoms. The number of hydrogen-bond acceptors (Lipinski definition) is 4. The first kappa shape index (κ1) is 19.3. The van der Waals surface area contributed by atoms with E-state index in [4.69, 9.17) is 14.2 Å². The fourth-order valence-corrected chi connectivity index (χ4v) is 3.28. The zero-order chi connectivity index (χ0) is 19.1. The lowest BCUT2D eigenvalue weighted by atomic mass is 9.91. The summed E-state index contributed by atoms with van der Waals surface area (Å²) in [5, 5.41) is 9.86. The number of rotatable bonds is 9. The first-order valence-corrected chi connectivity index (χ1v) is 8.95. The van der Waals surface area contributed by atoms with Crippen LogP contribution in [-0.2, 0) is 32.2 Å². The summed E-state index contributed by atoms with van der Waals surface area (Å²) >= 11 is 0. The van der Waals surface area contributed by atoms with Crippen molar-refractivity contribution >= 4 is 5.97 Å². The molecule has 5 heteroatoms. The molecule has 3 atom stereocenters. The molecule has 1 aliphatic heterocycles. The minimum atomic E-state index is -1.49. The third kappa shape index (κ3) is 4.45. The SMILES string of the molecule is C=CC[C@@]1(C(=O)O)OC[C@@H](OCc2ccccc2)[C@@H]1OCc1ccccc1. The van der Waals surface area contributed by atoms with Gasteiger partial charge in [0.25, 0.3) is 0 Å². The van der Waals surface area contributed by atoms with Crippen molar-refractivity contribution in [1.29, 1.82) is 0 Å². The average Bonchev–Trinajstić information content (AvgIpc) is 3.05. The number of ether oxygens (including phenoxy) is 3. The van der Waals surface area contributed by atoms with Gasteiger partial charge < -0.3 is 19.3 Å². The minimum absolute atomic E-state index is 0.146. The maximum atomic E-state index is 12.0. The van der Waals surface area contributed by atoms with Gasteiger partial charge in [0.2, 0.25) is 0 Å². The fraction of sp³-hybridized carbons (Fsp3) is 0.318. The number of aliphatic carboxylic acids is 1. The molecule has 1 fully saturated rings. The monoisotopic (exact) mass is 368 g/mol. The second kappa shape index (κ2) is 8.95. The van der Waals surface area contributed by atoms with E-state index in [-0.39, 0.29) is 19.6 Å².